The number of anilines is 1. The molecule has 0 spiro atoms. The maximum absolute atomic E-state index is 11.8. The van der Waals surface area contributed by atoms with Gasteiger partial charge in [0.25, 0.3) is 0 Å². The first-order valence-corrected chi connectivity index (χ1v) is 5.83. The van der Waals surface area contributed by atoms with Crippen molar-refractivity contribution in [1.29, 1.82) is 0 Å². The van der Waals surface area contributed by atoms with Crippen LogP contribution in [-0.2, 0) is 9.53 Å². The third kappa shape index (κ3) is 3.47. The van der Waals surface area contributed by atoms with Crippen LogP contribution in [-0.4, -0.2) is 19.0 Å². The average Bonchev–Trinajstić information content (AvgIpc) is 2.29. The fraction of sp³-hybridized carbons (Fsp3) is 0.385. The Morgan fingerprint density at radius 1 is 1.28 bits per heavy atom. The number of benzene rings is 1. The minimum absolute atomic E-state index is 0.138. The second-order valence-corrected chi connectivity index (χ2v) is 5.30. The Bertz CT molecular complexity index is 478. The van der Waals surface area contributed by atoms with Crippen molar-refractivity contribution >= 4 is 29.2 Å². The van der Waals surface area contributed by atoms with Crippen LogP contribution in [0.5, 0.6) is 0 Å². The maximum Gasteiger partial charge on any atom is 0.339 e. The molecule has 98 valence electrons. The largest absolute Gasteiger partial charge is 0.465 e. The Labute approximate surface area is 111 Å². The van der Waals surface area contributed by atoms with E-state index in [1.165, 1.54) is 13.2 Å². The molecule has 1 amide bonds. The molecule has 4 nitrogen and oxygen atoms in total. The summed E-state index contributed by atoms with van der Waals surface area (Å²) >= 11 is 5.88. The quantitative estimate of drug-likeness (QED) is 0.840. The van der Waals surface area contributed by atoms with E-state index in [1.54, 1.807) is 32.9 Å². The topological polar surface area (TPSA) is 55.4 Å². The molecule has 0 fully saturated rings. The molecule has 0 heterocycles. The molecule has 0 unspecified atom stereocenters. The smallest absolute Gasteiger partial charge is 0.339 e. The van der Waals surface area contributed by atoms with Crippen LogP contribution in [0.2, 0.25) is 5.02 Å². The zero-order valence-electron chi connectivity index (χ0n) is 10.8. The van der Waals surface area contributed by atoms with Gasteiger partial charge in [0.1, 0.15) is 0 Å². The third-order valence-electron chi connectivity index (χ3n) is 2.31. The van der Waals surface area contributed by atoms with Crippen molar-refractivity contribution in [2.75, 3.05) is 12.4 Å². The molecule has 0 saturated heterocycles. The fourth-order valence-electron chi connectivity index (χ4n) is 1.19. The van der Waals surface area contributed by atoms with E-state index in [9.17, 15) is 9.59 Å². The van der Waals surface area contributed by atoms with Crippen LogP contribution in [0.4, 0.5) is 5.69 Å². The summed E-state index contributed by atoms with van der Waals surface area (Å²) in [6, 6.07) is 4.68. The normalized spacial score (nSPS) is 10.9. The van der Waals surface area contributed by atoms with Crippen molar-refractivity contribution in [2.45, 2.75) is 20.8 Å². The molecule has 0 atom stereocenters. The van der Waals surface area contributed by atoms with Gasteiger partial charge in [0.15, 0.2) is 0 Å². The summed E-state index contributed by atoms with van der Waals surface area (Å²) in [4.78, 5) is 23.3. The summed E-state index contributed by atoms with van der Waals surface area (Å²) in [5.41, 5.74) is 0.232. The summed E-state index contributed by atoms with van der Waals surface area (Å²) in [6.07, 6.45) is 0. The zero-order chi connectivity index (χ0) is 13.9. The summed E-state index contributed by atoms with van der Waals surface area (Å²) < 4.78 is 4.61. The Hall–Kier alpha value is -1.55. The Balaban J connectivity index is 2.99. The summed E-state index contributed by atoms with van der Waals surface area (Å²) in [5, 5.41) is 3.01. The number of hydrogen-bond donors (Lipinski definition) is 1. The van der Waals surface area contributed by atoms with Crippen LogP contribution in [0.25, 0.3) is 0 Å². The molecule has 0 radical (unpaired) electrons. The summed E-state index contributed by atoms with van der Waals surface area (Å²) in [5.74, 6) is -0.674. The monoisotopic (exact) mass is 269 g/mol. The number of amides is 1. The molecular weight excluding hydrogens is 254 g/mol. The predicted molar refractivity (Wildman–Crippen MR) is 70.9 cm³/mol. The van der Waals surface area contributed by atoms with Gasteiger partial charge in [-0.25, -0.2) is 4.79 Å². The van der Waals surface area contributed by atoms with Crippen LogP contribution in [0.1, 0.15) is 31.1 Å². The number of nitrogens with one attached hydrogen (secondary N) is 1. The first-order valence-electron chi connectivity index (χ1n) is 5.45. The third-order valence-corrected chi connectivity index (χ3v) is 2.64. The van der Waals surface area contributed by atoms with Crippen molar-refractivity contribution in [3.8, 4) is 0 Å². The summed E-state index contributed by atoms with van der Waals surface area (Å²) in [6.45, 7) is 5.42. The number of carbonyl (C=O) groups excluding carboxylic acids is 2. The first kappa shape index (κ1) is 14.5. The number of rotatable bonds is 2. The number of ether oxygens (including phenoxy) is 1. The summed E-state index contributed by atoms with van der Waals surface area (Å²) in [7, 11) is 1.28. The predicted octanol–water partition coefficient (Wildman–Crippen LogP) is 3.11. The zero-order valence-corrected chi connectivity index (χ0v) is 11.6. The average molecular weight is 270 g/mol. The van der Waals surface area contributed by atoms with Gasteiger partial charge < -0.3 is 10.1 Å². The Morgan fingerprint density at radius 3 is 2.39 bits per heavy atom. The van der Waals surface area contributed by atoms with Gasteiger partial charge in [0.05, 0.1) is 17.7 Å². The molecular formula is C13H16ClNO3. The van der Waals surface area contributed by atoms with E-state index < -0.39 is 11.4 Å². The molecule has 18 heavy (non-hydrogen) atoms. The second kappa shape index (κ2) is 5.40. The minimum atomic E-state index is -0.535. The van der Waals surface area contributed by atoms with Crippen LogP contribution in [0.15, 0.2) is 18.2 Å². The van der Waals surface area contributed by atoms with E-state index in [2.05, 4.69) is 10.1 Å². The van der Waals surface area contributed by atoms with E-state index in [0.717, 1.165) is 0 Å². The van der Waals surface area contributed by atoms with Gasteiger partial charge >= 0.3 is 5.97 Å². The lowest BCUT2D eigenvalue weighted by Crippen LogP contribution is -2.27. The standard InChI is InChI=1S/C13H16ClNO3/c1-13(2,3)12(17)15-8-5-6-10(14)9(7-8)11(16)18-4/h5-7H,1-4H3,(H,15,17). The minimum Gasteiger partial charge on any atom is -0.465 e. The molecule has 0 aromatic heterocycles. The number of methoxy groups -OCH3 is 1. The van der Waals surface area contributed by atoms with Crippen LogP contribution < -0.4 is 5.32 Å². The van der Waals surface area contributed by atoms with Crippen molar-refractivity contribution in [3.63, 3.8) is 0 Å². The van der Waals surface area contributed by atoms with E-state index in [1.807, 2.05) is 0 Å². The van der Waals surface area contributed by atoms with E-state index in [-0.39, 0.29) is 16.5 Å². The van der Waals surface area contributed by atoms with E-state index in [4.69, 9.17) is 11.6 Å². The van der Waals surface area contributed by atoms with Gasteiger partial charge in [-0.2, -0.15) is 0 Å². The highest BCUT2D eigenvalue weighted by atomic mass is 35.5. The van der Waals surface area contributed by atoms with Gasteiger partial charge in [0.2, 0.25) is 5.91 Å². The number of carbonyl (C=O) groups is 2. The van der Waals surface area contributed by atoms with Crippen LogP contribution in [0.3, 0.4) is 0 Å². The van der Waals surface area contributed by atoms with Gasteiger partial charge in [-0.1, -0.05) is 32.4 Å². The van der Waals surface area contributed by atoms with Crippen LogP contribution >= 0.6 is 11.6 Å². The van der Waals surface area contributed by atoms with Gasteiger partial charge in [-0.3, -0.25) is 4.79 Å². The fourth-order valence-corrected chi connectivity index (χ4v) is 1.38. The maximum atomic E-state index is 11.8. The lowest BCUT2D eigenvalue weighted by atomic mass is 9.95. The molecule has 1 rings (SSSR count). The molecule has 0 aliphatic carbocycles. The molecule has 0 aliphatic heterocycles. The Morgan fingerprint density at radius 2 is 1.89 bits per heavy atom. The molecule has 0 saturated carbocycles. The van der Waals surface area contributed by atoms with Crippen molar-refractivity contribution < 1.29 is 14.3 Å². The highest BCUT2D eigenvalue weighted by Crippen LogP contribution is 2.23. The highest BCUT2D eigenvalue weighted by molar-refractivity contribution is 6.33. The molecule has 1 aromatic rings. The van der Waals surface area contributed by atoms with Gasteiger partial charge in [0, 0.05) is 11.1 Å². The van der Waals surface area contributed by atoms with Gasteiger partial charge in [-0.05, 0) is 18.2 Å². The molecule has 0 aliphatic rings. The molecule has 5 heteroatoms. The molecule has 0 bridgehead atoms. The highest BCUT2D eigenvalue weighted by Gasteiger charge is 2.21. The first-order chi connectivity index (χ1) is 8.25. The van der Waals surface area contributed by atoms with Crippen LogP contribution in [0, 0.1) is 5.41 Å². The molecule has 1 aromatic carbocycles. The second-order valence-electron chi connectivity index (χ2n) is 4.89. The molecule has 1 N–H and O–H groups in total. The number of halogens is 1. The van der Waals surface area contributed by atoms with Crippen molar-refractivity contribution in [1.82, 2.24) is 0 Å². The van der Waals surface area contributed by atoms with Crippen molar-refractivity contribution in [3.05, 3.63) is 28.8 Å². The van der Waals surface area contributed by atoms with Gasteiger partial charge in [-0.15, -0.1) is 0 Å². The van der Waals surface area contributed by atoms with E-state index >= 15 is 0 Å². The SMILES string of the molecule is COC(=O)c1cc(NC(=O)C(C)(C)C)ccc1Cl. The lowest BCUT2D eigenvalue weighted by Gasteiger charge is -2.18. The number of hydrogen-bond acceptors (Lipinski definition) is 3. The van der Waals surface area contributed by atoms with E-state index in [0.29, 0.717) is 5.69 Å². The lowest BCUT2D eigenvalue weighted by molar-refractivity contribution is -0.123. The Kier molecular flexibility index (Phi) is 4.35. The van der Waals surface area contributed by atoms with Crippen molar-refractivity contribution in [2.24, 2.45) is 5.41 Å². The number of esters is 1.